The number of piperidine rings is 1. The molecule has 0 aliphatic carbocycles. The van der Waals surface area contributed by atoms with E-state index >= 15 is 0 Å². The molecule has 3 aliphatic heterocycles. The van der Waals surface area contributed by atoms with E-state index in [1.807, 2.05) is 18.7 Å². The maximum absolute atomic E-state index is 13.6. The first-order chi connectivity index (χ1) is 15.5. The van der Waals surface area contributed by atoms with Crippen LogP contribution in [0.4, 0.5) is 4.39 Å². The number of benzene rings is 1. The van der Waals surface area contributed by atoms with E-state index in [9.17, 15) is 14.3 Å². The van der Waals surface area contributed by atoms with Gasteiger partial charge in [-0.3, -0.25) is 14.6 Å². The molecular formula is C23H33ClFN5O2. The number of rotatable bonds is 4. The highest BCUT2D eigenvalue weighted by Gasteiger charge is 2.41. The molecule has 3 saturated heterocycles. The lowest BCUT2D eigenvalue weighted by Crippen LogP contribution is -2.56. The lowest BCUT2D eigenvalue weighted by Gasteiger charge is -2.41. The van der Waals surface area contributed by atoms with Gasteiger partial charge in [0.25, 0.3) is 0 Å². The standard InChI is InChI=1S/C21H27ClFN5O2.C2H6/c22-17-7-13(23)8-18-21(17)25-19(24-18)11-26-9-14-1-2-15(10-26)28(14)12-20(30)27-5-3-16(29)4-6-27;1-2/h7-8,14-16,29H,1-6,9-12H2,(H,24,25);1-2H3. The van der Waals surface area contributed by atoms with Gasteiger partial charge in [0.1, 0.15) is 17.2 Å². The zero-order valence-electron chi connectivity index (χ0n) is 18.9. The smallest absolute Gasteiger partial charge is 0.236 e. The Bertz CT molecular complexity index is 932. The average Bonchev–Trinajstić information content (AvgIpc) is 3.27. The number of likely N-dealkylation sites (tertiary alicyclic amines) is 2. The van der Waals surface area contributed by atoms with Gasteiger partial charge in [0, 0.05) is 38.3 Å². The van der Waals surface area contributed by atoms with Gasteiger partial charge in [-0.15, -0.1) is 0 Å². The fraction of sp³-hybridized carbons (Fsp3) is 0.652. The van der Waals surface area contributed by atoms with Crippen LogP contribution in [0.25, 0.3) is 11.0 Å². The van der Waals surface area contributed by atoms with E-state index < -0.39 is 0 Å². The van der Waals surface area contributed by atoms with Crippen LogP contribution in [0.3, 0.4) is 0 Å². The Morgan fingerprint density at radius 2 is 1.84 bits per heavy atom. The van der Waals surface area contributed by atoms with Gasteiger partial charge in [-0.25, -0.2) is 9.37 Å². The minimum Gasteiger partial charge on any atom is -0.393 e. The maximum atomic E-state index is 13.6. The monoisotopic (exact) mass is 465 g/mol. The largest absolute Gasteiger partial charge is 0.393 e. The second-order valence-electron chi connectivity index (χ2n) is 8.83. The maximum Gasteiger partial charge on any atom is 0.236 e. The number of aliphatic hydroxyl groups is 1. The van der Waals surface area contributed by atoms with Crippen LogP contribution in [0.2, 0.25) is 5.02 Å². The third-order valence-electron chi connectivity index (χ3n) is 6.77. The van der Waals surface area contributed by atoms with Crippen LogP contribution < -0.4 is 0 Å². The molecule has 4 heterocycles. The quantitative estimate of drug-likeness (QED) is 0.726. The minimum absolute atomic E-state index is 0.182. The molecule has 2 bridgehead atoms. The number of nitrogens with zero attached hydrogens (tertiary/aromatic N) is 4. The summed E-state index contributed by atoms with van der Waals surface area (Å²) in [5.74, 6) is 0.594. The fourth-order valence-corrected chi connectivity index (χ4v) is 5.46. The normalized spacial score (nSPS) is 24.6. The Hall–Kier alpha value is -1.74. The third-order valence-corrected chi connectivity index (χ3v) is 7.06. The minimum atomic E-state index is -0.373. The molecule has 7 nitrogen and oxygen atoms in total. The van der Waals surface area contributed by atoms with Crippen LogP contribution in [0, 0.1) is 5.82 Å². The topological polar surface area (TPSA) is 75.7 Å². The van der Waals surface area contributed by atoms with Crippen molar-refractivity contribution in [2.24, 2.45) is 0 Å². The van der Waals surface area contributed by atoms with E-state index in [0.29, 0.717) is 67.2 Å². The van der Waals surface area contributed by atoms with Crippen LogP contribution in [0.5, 0.6) is 0 Å². The first-order valence-electron chi connectivity index (χ1n) is 11.7. The van der Waals surface area contributed by atoms with Gasteiger partial charge >= 0.3 is 0 Å². The first kappa shape index (κ1) is 23.4. The molecule has 2 aromatic rings. The predicted molar refractivity (Wildman–Crippen MR) is 123 cm³/mol. The molecule has 1 amide bonds. The second-order valence-corrected chi connectivity index (χ2v) is 9.24. The van der Waals surface area contributed by atoms with Crippen LogP contribution in [0.15, 0.2) is 12.1 Å². The van der Waals surface area contributed by atoms with Crippen LogP contribution >= 0.6 is 11.6 Å². The molecule has 2 unspecified atom stereocenters. The summed E-state index contributed by atoms with van der Waals surface area (Å²) in [7, 11) is 0. The molecule has 9 heteroatoms. The molecular weight excluding hydrogens is 433 g/mol. The average molecular weight is 466 g/mol. The number of halogens is 2. The molecule has 0 saturated carbocycles. The zero-order chi connectivity index (χ0) is 22.8. The number of aliphatic hydroxyl groups excluding tert-OH is 1. The Balaban J connectivity index is 0.00000119. The summed E-state index contributed by atoms with van der Waals surface area (Å²) >= 11 is 6.12. The second kappa shape index (κ2) is 10.0. The number of imidazole rings is 1. The highest BCUT2D eigenvalue weighted by molar-refractivity contribution is 6.34. The van der Waals surface area contributed by atoms with Crippen LogP contribution in [0.1, 0.15) is 45.4 Å². The SMILES string of the molecule is CC.O=C(CN1C2CCC1CN(Cc1nc3c(Cl)cc(F)cc3[nH]1)C2)N1CCC(O)CC1. The Morgan fingerprint density at radius 3 is 2.50 bits per heavy atom. The molecule has 176 valence electrons. The van der Waals surface area contributed by atoms with E-state index in [2.05, 4.69) is 19.8 Å². The van der Waals surface area contributed by atoms with E-state index in [1.54, 1.807) is 0 Å². The summed E-state index contributed by atoms with van der Waals surface area (Å²) in [6.07, 6.45) is 3.29. The molecule has 0 radical (unpaired) electrons. The van der Waals surface area contributed by atoms with Crippen molar-refractivity contribution in [2.75, 3.05) is 32.7 Å². The lowest BCUT2D eigenvalue weighted by atomic mass is 10.1. The molecule has 1 aromatic heterocycles. The Morgan fingerprint density at radius 1 is 1.19 bits per heavy atom. The van der Waals surface area contributed by atoms with Crippen molar-refractivity contribution < 1.29 is 14.3 Å². The molecule has 2 atom stereocenters. The summed E-state index contributed by atoms with van der Waals surface area (Å²) in [5, 5.41) is 9.98. The van der Waals surface area contributed by atoms with Crippen molar-refractivity contribution >= 4 is 28.5 Å². The molecule has 32 heavy (non-hydrogen) atoms. The Kier molecular flexibility index (Phi) is 7.34. The summed E-state index contributed by atoms with van der Waals surface area (Å²) < 4.78 is 13.6. The first-order valence-corrected chi connectivity index (χ1v) is 12.1. The number of nitrogens with one attached hydrogen (secondary N) is 1. The molecule has 2 N–H and O–H groups in total. The van der Waals surface area contributed by atoms with Crippen molar-refractivity contribution in [1.82, 2.24) is 24.7 Å². The van der Waals surface area contributed by atoms with Crippen molar-refractivity contribution in [3.8, 4) is 0 Å². The number of aromatic amines is 1. The van der Waals surface area contributed by atoms with Gasteiger partial charge in [-0.1, -0.05) is 25.4 Å². The van der Waals surface area contributed by atoms with Gasteiger partial charge in [-0.2, -0.15) is 0 Å². The fourth-order valence-electron chi connectivity index (χ4n) is 5.22. The van der Waals surface area contributed by atoms with E-state index in [-0.39, 0.29) is 17.8 Å². The molecule has 0 spiro atoms. The van der Waals surface area contributed by atoms with Crippen molar-refractivity contribution in [1.29, 1.82) is 0 Å². The van der Waals surface area contributed by atoms with Crippen molar-refractivity contribution in [2.45, 2.75) is 64.3 Å². The predicted octanol–water partition coefficient (Wildman–Crippen LogP) is 3.01. The van der Waals surface area contributed by atoms with Gasteiger partial charge in [0.2, 0.25) is 5.91 Å². The number of amides is 1. The van der Waals surface area contributed by atoms with Gasteiger partial charge in [0.15, 0.2) is 0 Å². The highest BCUT2D eigenvalue weighted by atomic mass is 35.5. The number of carbonyl (C=O) groups excluding carboxylic acids is 1. The number of hydrogen-bond donors (Lipinski definition) is 2. The van der Waals surface area contributed by atoms with E-state index in [0.717, 1.165) is 31.8 Å². The molecule has 3 aliphatic rings. The van der Waals surface area contributed by atoms with Gasteiger partial charge in [-0.05, 0) is 37.8 Å². The highest BCUT2D eigenvalue weighted by Crippen LogP contribution is 2.31. The number of hydrogen-bond acceptors (Lipinski definition) is 5. The third kappa shape index (κ3) is 4.93. The van der Waals surface area contributed by atoms with Crippen LogP contribution in [-0.4, -0.2) is 86.6 Å². The number of piperazine rings is 1. The number of fused-ring (bicyclic) bond motifs is 3. The van der Waals surface area contributed by atoms with Crippen LogP contribution in [-0.2, 0) is 11.3 Å². The number of H-pyrrole nitrogens is 1. The zero-order valence-corrected chi connectivity index (χ0v) is 19.6. The molecule has 5 rings (SSSR count). The van der Waals surface area contributed by atoms with E-state index in [1.165, 1.54) is 12.1 Å². The van der Waals surface area contributed by atoms with Crippen molar-refractivity contribution in [3.63, 3.8) is 0 Å². The summed E-state index contributed by atoms with van der Waals surface area (Å²) in [5.41, 5.74) is 1.22. The lowest BCUT2D eigenvalue weighted by molar-refractivity contribution is -0.136. The molecule has 1 aromatic carbocycles. The van der Waals surface area contributed by atoms with Gasteiger partial charge < -0.3 is 15.0 Å². The summed E-state index contributed by atoms with van der Waals surface area (Å²) in [4.78, 5) is 27.1. The summed E-state index contributed by atoms with van der Waals surface area (Å²) in [6, 6.07) is 3.44. The number of carbonyl (C=O) groups is 1. The van der Waals surface area contributed by atoms with Crippen molar-refractivity contribution in [3.05, 3.63) is 28.8 Å². The summed E-state index contributed by atoms with van der Waals surface area (Å²) in [6.45, 7) is 8.22. The van der Waals surface area contributed by atoms with E-state index in [4.69, 9.17) is 11.6 Å². The van der Waals surface area contributed by atoms with Gasteiger partial charge in [0.05, 0.1) is 29.7 Å². The Labute approximate surface area is 193 Å². The molecule has 3 fully saturated rings. The number of aromatic nitrogens is 2.